The molecule has 1 spiro atoms. The molecule has 3 N–H and O–H groups in total. The number of nitrogens with zero attached hydrogens (tertiary/aromatic N) is 3. The van der Waals surface area contributed by atoms with Gasteiger partial charge in [-0.05, 0) is 6.08 Å². The van der Waals surface area contributed by atoms with Gasteiger partial charge in [0.2, 0.25) is 5.66 Å². The molecule has 1 unspecified atom stereocenters. The lowest BCUT2D eigenvalue weighted by molar-refractivity contribution is -0.146. The van der Waals surface area contributed by atoms with Gasteiger partial charge >= 0.3 is 0 Å². The van der Waals surface area contributed by atoms with Crippen molar-refractivity contribution in [1.82, 2.24) is 10.5 Å². The fraction of sp³-hybridized carbons (Fsp3) is 0.333. The Kier molecular flexibility index (Phi) is 1.75. The van der Waals surface area contributed by atoms with Crippen molar-refractivity contribution >= 4 is 0 Å². The molecule has 0 radical (unpaired) electrons. The van der Waals surface area contributed by atoms with E-state index in [9.17, 15) is 0 Å². The third-order valence-electron chi connectivity index (χ3n) is 2.63. The zero-order chi connectivity index (χ0) is 10.3. The predicted octanol–water partition coefficient (Wildman–Crippen LogP) is 0.197. The summed E-state index contributed by atoms with van der Waals surface area (Å²) in [7, 11) is 0. The largest absolute Gasteiger partial charge is 0.329 e. The standard InChI is InChI=1S/C9H11N5O/c10-4-5-14-8-3-1-2-7-6-11-12-9(7,8)13-15-14/h1-3,6,13H,4-5,10H2. The molecule has 1 aliphatic carbocycles. The van der Waals surface area contributed by atoms with Crippen molar-refractivity contribution in [3.05, 3.63) is 35.7 Å². The Labute approximate surface area is 86.7 Å². The van der Waals surface area contributed by atoms with E-state index in [1.165, 1.54) is 0 Å². The van der Waals surface area contributed by atoms with Crippen LogP contribution in [0, 0.1) is 0 Å². The quantitative estimate of drug-likeness (QED) is 0.675. The Morgan fingerprint density at radius 1 is 1.60 bits per heavy atom. The summed E-state index contributed by atoms with van der Waals surface area (Å²) < 4.78 is 0. The fourth-order valence-corrected chi connectivity index (χ4v) is 1.90. The second-order valence-electron chi connectivity index (χ2n) is 3.51. The molecule has 15 heavy (non-hydrogen) atoms. The molecule has 0 bridgehead atoms. The highest BCUT2D eigenvalue weighted by Crippen LogP contribution is 2.41. The van der Waals surface area contributed by atoms with E-state index in [0.29, 0.717) is 13.1 Å². The first-order chi connectivity index (χ1) is 7.37. The summed E-state index contributed by atoms with van der Waals surface area (Å²) in [6.07, 6.45) is 7.60. The van der Waals surface area contributed by atoms with E-state index in [4.69, 9.17) is 10.7 Å². The van der Waals surface area contributed by atoms with Crippen LogP contribution in [0.25, 0.3) is 0 Å². The lowest BCUT2D eigenvalue weighted by Crippen LogP contribution is -2.39. The molecule has 2 aliphatic heterocycles. The van der Waals surface area contributed by atoms with Crippen LogP contribution in [0.2, 0.25) is 0 Å². The molecule has 1 fully saturated rings. The molecule has 78 valence electrons. The molecule has 2 heterocycles. The van der Waals surface area contributed by atoms with Crippen LogP contribution in [-0.4, -0.2) is 23.8 Å². The molecule has 6 heteroatoms. The Morgan fingerprint density at radius 2 is 2.53 bits per heavy atom. The Balaban J connectivity index is 2.01. The lowest BCUT2D eigenvalue weighted by Gasteiger charge is -2.24. The topological polar surface area (TPSA) is 75.2 Å². The maximum Gasteiger partial charge on any atom is 0.224 e. The van der Waals surface area contributed by atoms with Gasteiger partial charge in [0.15, 0.2) is 0 Å². The van der Waals surface area contributed by atoms with Crippen LogP contribution in [-0.2, 0) is 4.94 Å². The average Bonchev–Trinajstić information content (AvgIpc) is 2.81. The van der Waals surface area contributed by atoms with Gasteiger partial charge in [-0.2, -0.15) is 15.2 Å². The summed E-state index contributed by atoms with van der Waals surface area (Å²) in [5.41, 5.74) is 9.68. The van der Waals surface area contributed by atoms with E-state index in [-0.39, 0.29) is 0 Å². The van der Waals surface area contributed by atoms with Crippen molar-refractivity contribution in [3.8, 4) is 0 Å². The first kappa shape index (κ1) is 8.78. The maximum atomic E-state index is 5.50. The van der Waals surface area contributed by atoms with Crippen molar-refractivity contribution < 1.29 is 4.94 Å². The summed E-state index contributed by atoms with van der Waals surface area (Å²) in [6, 6.07) is 0. The minimum absolute atomic E-state index is 0.523. The number of nitrogens with two attached hydrogens (primary N) is 1. The van der Waals surface area contributed by atoms with Crippen molar-refractivity contribution in [2.24, 2.45) is 16.0 Å². The summed E-state index contributed by atoms with van der Waals surface area (Å²) in [5.74, 6) is 0. The second-order valence-corrected chi connectivity index (χ2v) is 3.51. The number of nitrogens with one attached hydrogen (secondary N) is 1. The first-order valence-electron chi connectivity index (χ1n) is 4.80. The third-order valence-corrected chi connectivity index (χ3v) is 2.63. The van der Waals surface area contributed by atoms with E-state index < -0.39 is 5.66 Å². The van der Waals surface area contributed by atoms with Gasteiger partial charge in [-0.25, -0.2) is 5.06 Å². The number of hydrogen-bond donors (Lipinski definition) is 2. The Bertz CT molecular complexity index is 411. The highest BCUT2D eigenvalue weighted by atomic mass is 16.8. The van der Waals surface area contributed by atoms with Gasteiger partial charge in [0.25, 0.3) is 0 Å². The summed E-state index contributed by atoms with van der Waals surface area (Å²) in [5, 5.41) is 9.81. The van der Waals surface area contributed by atoms with Gasteiger partial charge in [0, 0.05) is 12.1 Å². The van der Waals surface area contributed by atoms with Crippen molar-refractivity contribution in [2.45, 2.75) is 5.66 Å². The van der Waals surface area contributed by atoms with Crippen LogP contribution >= 0.6 is 0 Å². The summed E-state index contributed by atoms with van der Waals surface area (Å²) in [6.45, 7) is 1.15. The number of azo groups is 1. The van der Waals surface area contributed by atoms with E-state index >= 15 is 0 Å². The van der Waals surface area contributed by atoms with Crippen LogP contribution in [0.4, 0.5) is 0 Å². The molecule has 6 nitrogen and oxygen atoms in total. The molecule has 0 aromatic carbocycles. The van der Waals surface area contributed by atoms with Gasteiger partial charge in [-0.15, -0.1) is 5.48 Å². The van der Waals surface area contributed by atoms with Gasteiger partial charge in [0.05, 0.1) is 18.4 Å². The second kappa shape index (κ2) is 2.99. The first-order valence-corrected chi connectivity index (χ1v) is 4.80. The van der Waals surface area contributed by atoms with E-state index in [1.807, 2.05) is 18.2 Å². The van der Waals surface area contributed by atoms with Crippen LogP contribution in [0.15, 0.2) is 45.9 Å². The highest BCUT2D eigenvalue weighted by molar-refractivity contribution is 5.48. The van der Waals surface area contributed by atoms with E-state index in [0.717, 1.165) is 11.3 Å². The molecule has 3 rings (SSSR count). The minimum atomic E-state index is -0.635. The summed E-state index contributed by atoms with van der Waals surface area (Å²) >= 11 is 0. The molecule has 1 atom stereocenters. The number of allylic oxidation sites excluding steroid dienone is 2. The Hall–Kier alpha value is -1.50. The van der Waals surface area contributed by atoms with Crippen LogP contribution in [0.5, 0.6) is 0 Å². The normalized spacial score (nSPS) is 31.4. The van der Waals surface area contributed by atoms with Crippen LogP contribution in [0.1, 0.15) is 0 Å². The van der Waals surface area contributed by atoms with Crippen molar-refractivity contribution in [3.63, 3.8) is 0 Å². The van der Waals surface area contributed by atoms with Crippen LogP contribution in [0.3, 0.4) is 0 Å². The summed E-state index contributed by atoms with van der Waals surface area (Å²) in [4.78, 5) is 5.35. The lowest BCUT2D eigenvalue weighted by atomic mass is 9.94. The van der Waals surface area contributed by atoms with E-state index in [1.54, 1.807) is 11.3 Å². The molecule has 0 aromatic rings. The maximum absolute atomic E-state index is 5.50. The average molecular weight is 205 g/mol. The van der Waals surface area contributed by atoms with Gasteiger partial charge in [-0.3, -0.25) is 0 Å². The predicted molar refractivity (Wildman–Crippen MR) is 52.9 cm³/mol. The number of hydroxylamine groups is 3. The molecular formula is C9H11N5O. The van der Waals surface area contributed by atoms with Gasteiger partial charge in [0.1, 0.15) is 0 Å². The molecule has 3 aliphatic rings. The molecule has 0 aromatic heterocycles. The highest BCUT2D eigenvalue weighted by Gasteiger charge is 2.49. The third kappa shape index (κ3) is 1.03. The number of hydrogen-bond acceptors (Lipinski definition) is 6. The van der Waals surface area contributed by atoms with E-state index in [2.05, 4.69) is 15.7 Å². The molecular weight excluding hydrogens is 194 g/mol. The zero-order valence-electron chi connectivity index (χ0n) is 8.05. The Morgan fingerprint density at radius 3 is 3.40 bits per heavy atom. The van der Waals surface area contributed by atoms with Crippen LogP contribution < -0.4 is 11.2 Å². The van der Waals surface area contributed by atoms with Gasteiger partial charge < -0.3 is 5.73 Å². The van der Waals surface area contributed by atoms with Gasteiger partial charge in [-0.1, -0.05) is 12.2 Å². The molecule has 1 saturated heterocycles. The smallest absolute Gasteiger partial charge is 0.224 e. The SMILES string of the molecule is NCCN1ONC23N=NC=C2C=CC=C13. The minimum Gasteiger partial charge on any atom is -0.329 e. The molecule has 0 saturated carbocycles. The van der Waals surface area contributed by atoms with Crippen molar-refractivity contribution in [2.75, 3.05) is 13.1 Å². The monoisotopic (exact) mass is 205 g/mol. The zero-order valence-corrected chi connectivity index (χ0v) is 8.05. The van der Waals surface area contributed by atoms with Crippen molar-refractivity contribution in [1.29, 1.82) is 0 Å². The number of rotatable bonds is 2. The molecule has 0 amide bonds. The fourth-order valence-electron chi connectivity index (χ4n) is 1.90.